The Labute approximate surface area is 180 Å². The van der Waals surface area contributed by atoms with E-state index in [1.54, 1.807) is 34.6 Å². The molecule has 0 amide bonds. The second kappa shape index (κ2) is 9.27. The molecule has 160 valence electrons. The van der Waals surface area contributed by atoms with Crippen molar-refractivity contribution in [3.8, 4) is 0 Å². The number of hydrogen-bond acceptors (Lipinski definition) is 3. The highest BCUT2D eigenvalue weighted by atomic mass is 32.2. The Hall–Kier alpha value is -2.24. The zero-order valence-corrected chi connectivity index (χ0v) is 18.9. The van der Waals surface area contributed by atoms with Crippen molar-refractivity contribution in [2.75, 3.05) is 13.1 Å². The minimum absolute atomic E-state index is 0.0907. The zero-order chi connectivity index (χ0) is 21.8. The average molecular weight is 426 g/mol. The van der Waals surface area contributed by atoms with Gasteiger partial charge < -0.3 is 0 Å². The number of allylic oxidation sites excluding steroid dienone is 1. The van der Waals surface area contributed by atoms with E-state index in [9.17, 15) is 13.2 Å². The van der Waals surface area contributed by atoms with Crippen LogP contribution in [0.4, 0.5) is 0 Å². The molecular weight excluding hydrogens is 394 g/mol. The molecule has 1 aliphatic heterocycles. The third-order valence-electron chi connectivity index (χ3n) is 5.55. The summed E-state index contributed by atoms with van der Waals surface area (Å²) in [5.74, 6) is -0.145. The first-order valence-electron chi connectivity index (χ1n) is 10.6. The largest absolute Gasteiger partial charge is 0.289 e. The number of benzene rings is 2. The zero-order valence-electron chi connectivity index (χ0n) is 18.1. The predicted molar refractivity (Wildman–Crippen MR) is 122 cm³/mol. The number of carbonyl (C=O) groups excluding carboxylic acids is 1. The first-order chi connectivity index (χ1) is 14.2. The van der Waals surface area contributed by atoms with Crippen LogP contribution in [0.25, 0.3) is 6.08 Å². The molecule has 2 aromatic carbocycles. The fraction of sp³-hybridized carbons (Fsp3) is 0.400. The van der Waals surface area contributed by atoms with Gasteiger partial charge in [-0.05, 0) is 59.7 Å². The Bertz CT molecular complexity index is 990. The molecule has 0 N–H and O–H groups in total. The molecule has 0 spiro atoms. The fourth-order valence-corrected chi connectivity index (χ4v) is 5.10. The molecule has 30 heavy (non-hydrogen) atoms. The second-order valence-electron chi connectivity index (χ2n) is 8.91. The molecule has 0 radical (unpaired) electrons. The number of hydrogen-bond donors (Lipinski definition) is 0. The van der Waals surface area contributed by atoms with Gasteiger partial charge in [0, 0.05) is 18.7 Å². The quantitative estimate of drug-likeness (QED) is 0.473. The number of rotatable bonds is 5. The van der Waals surface area contributed by atoms with E-state index in [4.69, 9.17) is 0 Å². The highest BCUT2D eigenvalue weighted by Crippen LogP contribution is 2.23. The molecule has 0 saturated carbocycles. The van der Waals surface area contributed by atoms with Crippen LogP contribution < -0.4 is 0 Å². The van der Waals surface area contributed by atoms with Gasteiger partial charge in [-0.3, -0.25) is 4.79 Å². The van der Waals surface area contributed by atoms with Crippen molar-refractivity contribution in [1.29, 1.82) is 0 Å². The molecule has 0 bridgehead atoms. The normalized spacial score (nSPS) is 16.5. The third-order valence-corrected chi connectivity index (χ3v) is 7.46. The molecule has 3 rings (SSSR count). The monoisotopic (exact) mass is 425 g/mol. The van der Waals surface area contributed by atoms with E-state index < -0.39 is 10.0 Å². The summed E-state index contributed by atoms with van der Waals surface area (Å²) < 4.78 is 27.3. The van der Waals surface area contributed by atoms with E-state index in [-0.39, 0.29) is 16.1 Å². The standard InChI is InChI=1S/C25H31NO3S/c1-25(2,3)22-13-8-20(9-14-22)10-17-24(27)21-11-15-23(16-12-21)30(28,29)26-18-6-4-5-7-19-26/h8-17H,4-7,18-19H2,1-3H3. The molecule has 1 aliphatic rings. The van der Waals surface area contributed by atoms with Crippen LogP contribution in [0.15, 0.2) is 59.5 Å². The molecule has 5 heteroatoms. The van der Waals surface area contributed by atoms with Crippen molar-refractivity contribution < 1.29 is 13.2 Å². The summed E-state index contributed by atoms with van der Waals surface area (Å²) in [5, 5.41) is 0. The maximum Gasteiger partial charge on any atom is 0.243 e. The summed E-state index contributed by atoms with van der Waals surface area (Å²) >= 11 is 0. The van der Waals surface area contributed by atoms with Crippen LogP contribution in [0.1, 0.15) is 67.9 Å². The number of carbonyl (C=O) groups is 1. The lowest BCUT2D eigenvalue weighted by Gasteiger charge is -2.19. The van der Waals surface area contributed by atoms with Gasteiger partial charge in [0.25, 0.3) is 0 Å². The summed E-state index contributed by atoms with van der Waals surface area (Å²) in [6.45, 7) is 7.63. The van der Waals surface area contributed by atoms with Crippen LogP contribution >= 0.6 is 0 Å². The van der Waals surface area contributed by atoms with Crippen molar-refractivity contribution in [1.82, 2.24) is 4.31 Å². The fourth-order valence-electron chi connectivity index (χ4n) is 3.58. The van der Waals surface area contributed by atoms with Crippen molar-refractivity contribution in [3.63, 3.8) is 0 Å². The topological polar surface area (TPSA) is 54.5 Å². The third kappa shape index (κ3) is 5.46. The summed E-state index contributed by atoms with van der Waals surface area (Å²) in [4.78, 5) is 12.8. The predicted octanol–water partition coefficient (Wildman–Crippen LogP) is 5.44. The van der Waals surface area contributed by atoms with Gasteiger partial charge in [-0.2, -0.15) is 4.31 Å². The maximum absolute atomic E-state index is 12.9. The first kappa shape index (κ1) is 22.4. The summed E-state index contributed by atoms with van der Waals surface area (Å²) in [5.41, 5.74) is 2.77. The van der Waals surface area contributed by atoms with E-state index in [0.717, 1.165) is 31.2 Å². The lowest BCUT2D eigenvalue weighted by molar-refractivity contribution is 0.104. The van der Waals surface area contributed by atoms with Crippen LogP contribution in [-0.2, 0) is 15.4 Å². The number of nitrogens with zero attached hydrogens (tertiary/aromatic N) is 1. The van der Waals surface area contributed by atoms with E-state index in [2.05, 4.69) is 32.9 Å². The van der Waals surface area contributed by atoms with Crippen LogP contribution in [0.5, 0.6) is 0 Å². The smallest absolute Gasteiger partial charge is 0.243 e. The number of ketones is 1. The number of sulfonamides is 1. The minimum atomic E-state index is -3.50. The highest BCUT2D eigenvalue weighted by Gasteiger charge is 2.25. The molecule has 0 aromatic heterocycles. The van der Waals surface area contributed by atoms with Crippen molar-refractivity contribution in [2.45, 2.75) is 56.8 Å². The van der Waals surface area contributed by atoms with Crippen molar-refractivity contribution in [2.24, 2.45) is 0 Å². The van der Waals surface area contributed by atoms with Gasteiger partial charge in [-0.25, -0.2) is 8.42 Å². The van der Waals surface area contributed by atoms with Crippen LogP contribution in [-0.4, -0.2) is 31.6 Å². The molecule has 0 aliphatic carbocycles. The summed E-state index contributed by atoms with van der Waals surface area (Å²) in [6, 6.07) is 14.4. The molecule has 0 unspecified atom stereocenters. The van der Waals surface area contributed by atoms with Gasteiger partial charge in [0.1, 0.15) is 0 Å². The van der Waals surface area contributed by atoms with Crippen molar-refractivity contribution >= 4 is 21.9 Å². The van der Waals surface area contributed by atoms with E-state index >= 15 is 0 Å². The van der Waals surface area contributed by atoms with Gasteiger partial charge in [-0.15, -0.1) is 0 Å². The second-order valence-corrected chi connectivity index (χ2v) is 10.9. The molecule has 1 fully saturated rings. The molecule has 2 aromatic rings. The lowest BCUT2D eigenvalue weighted by Crippen LogP contribution is -2.31. The van der Waals surface area contributed by atoms with E-state index in [1.165, 1.54) is 11.6 Å². The van der Waals surface area contributed by atoms with Crippen LogP contribution in [0.2, 0.25) is 0 Å². The average Bonchev–Trinajstić information content (AvgIpc) is 3.02. The first-order valence-corrected chi connectivity index (χ1v) is 12.1. The van der Waals surface area contributed by atoms with Crippen LogP contribution in [0, 0.1) is 0 Å². The van der Waals surface area contributed by atoms with Gasteiger partial charge >= 0.3 is 0 Å². The highest BCUT2D eigenvalue weighted by molar-refractivity contribution is 7.89. The van der Waals surface area contributed by atoms with Gasteiger partial charge in [-0.1, -0.05) is 64.0 Å². The Kier molecular flexibility index (Phi) is 6.94. The van der Waals surface area contributed by atoms with Crippen LogP contribution in [0.3, 0.4) is 0 Å². The Morgan fingerprint density at radius 2 is 1.43 bits per heavy atom. The molecule has 4 nitrogen and oxygen atoms in total. The van der Waals surface area contributed by atoms with E-state index in [0.29, 0.717) is 18.7 Å². The molecule has 0 atom stereocenters. The van der Waals surface area contributed by atoms with Gasteiger partial charge in [0.05, 0.1) is 4.90 Å². The van der Waals surface area contributed by atoms with E-state index in [1.807, 2.05) is 12.1 Å². The van der Waals surface area contributed by atoms with Crippen molar-refractivity contribution in [3.05, 3.63) is 71.3 Å². The molecule has 1 saturated heterocycles. The minimum Gasteiger partial charge on any atom is -0.289 e. The van der Waals surface area contributed by atoms with Gasteiger partial charge in [0.2, 0.25) is 10.0 Å². The Morgan fingerprint density at radius 1 is 0.867 bits per heavy atom. The SMILES string of the molecule is CC(C)(C)c1ccc(C=CC(=O)c2ccc(S(=O)(=O)N3CCCCCC3)cc2)cc1. The summed E-state index contributed by atoms with van der Waals surface area (Å²) in [6.07, 6.45) is 7.27. The molecular formula is C25H31NO3S. The van der Waals surface area contributed by atoms with Gasteiger partial charge in [0.15, 0.2) is 5.78 Å². The Morgan fingerprint density at radius 3 is 1.97 bits per heavy atom. The maximum atomic E-state index is 12.9. The molecule has 1 heterocycles. The lowest BCUT2D eigenvalue weighted by atomic mass is 9.87. The Balaban J connectivity index is 1.69. The summed E-state index contributed by atoms with van der Waals surface area (Å²) in [7, 11) is -3.50.